The van der Waals surface area contributed by atoms with Gasteiger partial charge in [0.2, 0.25) is 0 Å². The van der Waals surface area contributed by atoms with E-state index >= 15 is 0 Å². The molecule has 3 rings (SSSR count). The van der Waals surface area contributed by atoms with Crippen LogP contribution in [0.5, 0.6) is 0 Å². The van der Waals surface area contributed by atoms with E-state index in [9.17, 15) is 0 Å². The molecule has 0 aliphatic carbocycles. The summed E-state index contributed by atoms with van der Waals surface area (Å²) in [5.74, 6) is 1.13. The molecule has 1 saturated heterocycles. The van der Waals surface area contributed by atoms with E-state index in [0.717, 1.165) is 45.2 Å². The molecule has 0 unspecified atom stereocenters. The number of ether oxygens (including phenoxy) is 1. The van der Waals surface area contributed by atoms with Gasteiger partial charge < -0.3 is 9.30 Å². The molecule has 0 saturated carbocycles. The van der Waals surface area contributed by atoms with E-state index < -0.39 is 0 Å². The molecule has 1 aliphatic heterocycles. The van der Waals surface area contributed by atoms with Crippen LogP contribution >= 0.6 is 0 Å². The third-order valence-corrected chi connectivity index (χ3v) is 3.88. The normalized spacial score (nSPS) is 20.0. The van der Waals surface area contributed by atoms with Gasteiger partial charge in [0, 0.05) is 38.2 Å². The maximum absolute atomic E-state index is 5.87. The van der Waals surface area contributed by atoms with Gasteiger partial charge in [-0.2, -0.15) is 5.10 Å². The predicted molar refractivity (Wildman–Crippen MR) is 79.9 cm³/mol. The highest BCUT2D eigenvalue weighted by Crippen LogP contribution is 2.11. The fourth-order valence-electron chi connectivity index (χ4n) is 2.79. The third-order valence-electron chi connectivity index (χ3n) is 3.88. The summed E-state index contributed by atoms with van der Waals surface area (Å²) in [6, 6.07) is 0. The second-order valence-electron chi connectivity index (χ2n) is 5.60. The first-order valence-corrected chi connectivity index (χ1v) is 7.57. The molecular weight excluding hydrogens is 266 g/mol. The van der Waals surface area contributed by atoms with Gasteiger partial charge in [-0.05, 0) is 19.4 Å². The zero-order valence-corrected chi connectivity index (χ0v) is 12.8. The lowest BCUT2D eigenvalue weighted by atomic mass is 10.2. The minimum atomic E-state index is 0.197. The Morgan fingerprint density at radius 1 is 1.43 bits per heavy atom. The van der Waals surface area contributed by atoms with Crippen molar-refractivity contribution >= 4 is 0 Å². The topological polar surface area (TPSA) is 48.1 Å². The maximum Gasteiger partial charge on any atom is 0.122 e. The van der Waals surface area contributed by atoms with Gasteiger partial charge in [-0.25, -0.2) is 4.98 Å². The Kier molecular flexibility index (Phi) is 4.36. The summed E-state index contributed by atoms with van der Waals surface area (Å²) in [6.45, 7) is 9.54. The second-order valence-corrected chi connectivity index (χ2v) is 5.60. The van der Waals surface area contributed by atoms with Crippen LogP contribution in [0.15, 0.2) is 24.8 Å². The Balaban J connectivity index is 1.58. The van der Waals surface area contributed by atoms with Crippen LogP contribution in [0.3, 0.4) is 0 Å². The minimum absolute atomic E-state index is 0.197. The Hall–Kier alpha value is -1.66. The Labute approximate surface area is 125 Å². The summed E-state index contributed by atoms with van der Waals surface area (Å²) in [5.41, 5.74) is 1.19. The first-order valence-electron chi connectivity index (χ1n) is 7.57. The average Bonchev–Trinajstić information content (AvgIpc) is 3.08. The van der Waals surface area contributed by atoms with Gasteiger partial charge in [-0.1, -0.05) is 0 Å². The van der Waals surface area contributed by atoms with Crippen molar-refractivity contribution in [2.24, 2.45) is 0 Å². The molecule has 2 aromatic heterocycles. The molecule has 0 N–H and O–H groups in total. The highest BCUT2D eigenvalue weighted by atomic mass is 16.5. The van der Waals surface area contributed by atoms with Gasteiger partial charge in [0.25, 0.3) is 0 Å². The molecule has 0 radical (unpaired) electrons. The van der Waals surface area contributed by atoms with Crippen molar-refractivity contribution in [2.75, 3.05) is 19.7 Å². The summed E-state index contributed by atoms with van der Waals surface area (Å²) in [7, 11) is 0. The number of morpholine rings is 1. The number of imidazole rings is 1. The van der Waals surface area contributed by atoms with Gasteiger partial charge in [0.15, 0.2) is 0 Å². The lowest BCUT2D eigenvalue weighted by Gasteiger charge is -2.32. The highest BCUT2D eigenvalue weighted by Gasteiger charge is 2.22. The van der Waals surface area contributed by atoms with E-state index in [1.54, 1.807) is 0 Å². The molecule has 21 heavy (non-hydrogen) atoms. The second kappa shape index (κ2) is 6.41. The largest absolute Gasteiger partial charge is 0.374 e. The molecule has 1 atom stereocenters. The van der Waals surface area contributed by atoms with Gasteiger partial charge >= 0.3 is 0 Å². The van der Waals surface area contributed by atoms with Crippen LogP contribution < -0.4 is 0 Å². The van der Waals surface area contributed by atoms with E-state index in [4.69, 9.17) is 4.74 Å². The summed E-state index contributed by atoms with van der Waals surface area (Å²) in [5, 5.41) is 4.34. The van der Waals surface area contributed by atoms with Crippen LogP contribution in [0, 0.1) is 6.92 Å². The van der Waals surface area contributed by atoms with Gasteiger partial charge in [0.05, 0.1) is 32.0 Å². The van der Waals surface area contributed by atoms with Crippen molar-refractivity contribution < 1.29 is 4.74 Å². The maximum atomic E-state index is 5.87. The monoisotopic (exact) mass is 289 g/mol. The quantitative estimate of drug-likeness (QED) is 0.832. The number of aryl methyl sites for hydroxylation is 2. The predicted octanol–water partition coefficient (Wildman–Crippen LogP) is 1.31. The number of hydrogen-bond donors (Lipinski definition) is 0. The van der Waals surface area contributed by atoms with Crippen molar-refractivity contribution in [3.8, 4) is 0 Å². The molecule has 3 heterocycles. The molecular formula is C15H23N5O. The van der Waals surface area contributed by atoms with Crippen LogP contribution in [-0.4, -0.2) is 50.0 Å². The van der Waals surface area contributed by atoms with E-state index in [1.807, 2.05) is 23.3 Å². The molecule has 114 valence electrons. The standard InChI is InChI=1S/C15H23N5O/c1-3-19-5-4-16-15(19)12-18-6-7-21-14(10-18)11-20-9-13(2)8-17-20/h4-5,8-9,14H,3,6-7,10-12H2,1-2H3/t14-/m0/s1. The van der Waals surface area contributed by atoms with Crippen LogP contribution in [0.2, 0.25) is 0 Å². The van der Waals surface area contributed by atoms with E-state index in [0.29, 0.717) is 0 Å². The molecule has 1 fully saturated rings. The molecule has 1 aliphatic rings. The number of hydrogen-bond acceptors (Lipinski definition) is 4. The summed E-state index contributed by atoms with van der Waals surface area (Å²) in [4.78, 5) is 6.87. The first kappa shape index (κ1) is 14.3. The fraction of sp³-hybridized carbons (Fsp3) is 0.600. The number of rotatable bonds is 5. The van der Waals surface area contributed by atoms with E-state index in [1.165, 1.54) is 5.56 Å². The summed E-state index contributed by atoms with van der Waals surface area (Å²) < 4.78 is 10.0. The molecule has 0 amide bonds. The fourth-order valence-corrected chi connectivity index (χ4v) is 2.79. The van der Waals surface area contributed by atoms with Crippen LogP contribution in [0.25, 0.3) is 0 Å². The number of aromatic nitrogens is 4. The smallest absolute Gasteiger partial charge is 0.122 e. The van der Waals surface area contributed by atoms with Gasteiger partial charge in [-0.15, -0.1) is 0 Å². The minimum Gasteiger partial charge on any atom is -0.374 e. The molecule has 0 aromatic carbocycles. The van der Waals surface area contributed by atoms with Gasteiger partial charge in [-0.3, -0.25) is 9.58 Å². The van der Waals surface area contributed by atoms with Crippen molar-refractivity contribution in [3.05, 3.63) is 36.2 Å². The molecule has 6 heteroatoms. The lowest BCUT2D eigenvalue weighted by molar-refractivity contribution is -0.0411. The summed E-state index contributed by atoms with van der Waals surface area (Å²) in [6.07, 6.45) is 8.07. The van der Waals surface area contributed by atoms with Crippen molar-refractivity contribution in [2.45, 2.75) is 39.6 Å². The first-order chi connectivity index (χ1) is 10.2. The Morgan fingerprint density at radius 2 is 2.33 bits per heavy atom. The van der Waals surface area contributed by atoms with Crippen molar-refractivity contribution in [1.29, 1.82) is 0 Å². The van der Waals surface area contributed by atoms with Crippen LogP contribution in [0.4, 0.5) is 0 Å². The molecule has 0 spiro atoms. The molecule has 6 nitrogen and oxygen atoms in total. The SMILES string of the molecule is CCn1ccnc1CN1CCO[C@H](Cn2cc(C)cn2)C1. The van der Waals surface area contributed by atoms with Crippen molar-refractivity contribution in [3.63, 3.8) is 0 Å². The van der Waals surface area contributed by atoms with Crippen molar-refractivity contribution in [1.82, 2.24) is 24.2 Å². The van der Waals surface area contributed by atoms with Gasteiger partial charge in [0.1, 0.15) is 5.82 Å². The molecule has 0 bridgehead atoms. The molecule has 2 aromatic rings. The van der Waals surface area contributed by atoms with E-state index in [2.05, 4.69) is 39.6 Å². The zero-order valence-electron chi connectivity index (χ0n) is 12.8. The van der Waals surface area contributed by atoms with Crippen LogP contribution in [0.1, 0.15) is 18.3 Å². The zero-order chi connectivity index (χ0) is 14.7. The summed E-state index contributed by atoms with van der Waals surface area (Å²) >= 11 is 0. The third kappa shape index (κ3) is 3.51. The average molecular weight is 289 g/mol. The van der Waals surface area contributed by atoms with E-state index in [-0.39, 0.29) is 6.10 Å². The lowest BCUT2D eigenvalue weighted by Crippen LogP contribution is -2.44. The Bertz CT molecular complexity index is 576. The van der Waals surface area contributed by atoms with Crippen LogP contribution in [-0.2, 0) is 24.4 Å². The number of nitrogens with zero attached hydrogens (tertiary/aromatic N) is 5. The Morgan fingerprint density at radius 3 is 3.10 bits per heavy atom. The highest BCUT2D eigenvalue weighted by molar-refractivity contribution is 4.99.